The van der Waals surface area contributed by atoms with Crippen molar-refractivity contribution in [1.82, 2.24) is 9.47 Å². The third kappa shape index (κ3) is 11.6. The molecule has 5 rings (SSSR count). The van der Waals surface area contributed by atoms with Crippen molar-refractivity contribution < 1.29 is 51.7 Å². The first-order valence-electron chi connectivity index (χ1n) is 17.5. The molecule has 16 heteroatoms. The molecule has 4 N–H and O–H groups in total. The highest BCUT2D eigenvalue weighted by Gasteiger charge is 2.33. The maximum atomic E-state index is 14.1. The van der Waals surface area contributed by atoms with E-state index >= 15 is 0 Å². The number of esters is 1. The van der Waals surface area contributed by atoms with Crippen LogP contribution in [-0.4, -0.2) is 56.8 Å². The van der Waals surface area contributed by atoms with Gasteiger partial charge in [-0.25, -0.2) is 14.2 Å². The summed E-state index contributed by atoms with van der Waals surface area (Å²) < 4.78 is 41.0. The summed E-state index contributed by atoms with van der Waals surface area (Å²) in [6.45, 7) is 12.8. The summed E-state index contributed by atoms with van der Waals surface area (Å²) >= 11 is 1.64. The van der Waals surface area contributed by atoms with Gasteiger partial charge in [-0.3, -0.25) is 4.79 Å². The third-order valence-electron chi connectivity index (χ3n) is 8.43. The average molecular weight is 796 g/mol. The molecule has 2 aromatic heterocycles. The summed E-state index contributed by atoms with van der Waals surface area (Å²) in [5.74, 6) is -4.04. The second-order valence-corrected chi connectivity index (χ2v) is 15.6. The zero-order valence-electron chi connectivity index (χ0n) is 31.7. The summed E-state index contributed by atoms with van der Waals surface area (Å²) in [7, 11) is 0. The van der Waals surface area contributed by atoms with E-state index in [-0.39, 0.29) is 30.2 Å². The average Bonchev–Trinajstić information content (AvgIpc) is 3.62. The molecule has 0 saturated heterocycles. The van der Waals surface area contributed by atoms with Crippen LogP contribution in [-0.2, 0) is 39.3 Å². The predicted molar refractivity (Wildman–Crippen MR) is 202 cm³/mol. The number of aromatic hydroxyl groups is 1. The molecule has 0 unspecified atom stereocenters. The van der Waals surface area contributed by atoms with Crippen LogP contribution in [0.1, 0.15) is 72.2 Å². The molecule has 0 saturated carbocycles. The van der Waals surface area contributed by atoms with E-state index in [0.29, 0.717) is 17.8 Å². The van der Waals surface area contributed by atoms with E-state index in [9.17, 15) is 32.7 Å². The maximum absolute atomic E-state index is 14.1. The smallest absolute Gasteiger partial charge is 0.430 e. The number of fused-ring (bicyclic) bond motifs is 1. The quantitative estimate of drug-likeness (QED) is 0.115. The van der Waals surface area contributed by atoms with E-state index in [0.717, 1.165) is 26.7 Å². The van der Waals surface area contributed by atoms with Crippen molar-refractivity contribution in [3.63, 3.8) is 0 Å². The number of nitrogens with zero attached hydrogens (tertiary/aromatic N) is 3. The number of amides is 3. The van der Waals surface area contributed by atoms with Gasteiger partial charge in [-0.15, -0.1) is 0 Å². The van der Waals surface area contributed by atoms with Crippen LogP contribution in [0.3, 0.4) is 0 Å². The molecule has 0 bridgehead atoms. The van der Waals surface area contributed by atoms with Gasteiger partial charge in [-0.2, -0.15) is 17.6 Å². The highest BCUT2D eigenvalue weighted by molar-refractivity contribution is 7.16. The number of nitrogens with two attached hydrogens (primary N) is 1. The summed E-state index contributed by atoms with van der Waals surface area (Å²) in [5, 5.41) is 21.5. The van der Waals surface area contributed by atoms with Crippen molar-refractivity contribution in [3.05, 3.63) is 118 Å². The minimum Gasteiger partial charge on any atom is -0.542 e. The van der Waals surface area contributed by atoms with Gasteiger partial charge in [-0.1, -0.05) is 68.5 Å². The van der Waals surface area contributed by atoms with E-state index in [1.807, 2.05) is 23.7 Å². The Morgan fingerprint density at radius 2 is 1.52 bits per heavy atom. The molecule has 0 spiro atoms. The number of carboxylic acids is 1. The number of aliphatic carboxylic acids is 1. The number of urea groups is 1. The second-order valence-electron chi connectivity index (χ2n) is 14.3. The standard InChI is InChI=1S/C38H43N5O5S.C2HF3O2/c1-24(2)48-35(46)28-11-15-30(16-12-28)40-36(47)43(33(34(39)45)19-26-9-17-32(44)18-10-26)23-31-22-41-20-25(3)49-37(41)42(31)21-27-7-13-29(14-8-27)38(4,5)6;3-2(4,5)1(6)7/h7-18,20,22,24,33H,19,21,23H2,1-6H3,(H3-,39,40,44,45,46,47);(H,6,7)/t33-;/m0./s1. The van der Waals surface area contributed by atoms with Gasteiger partial charge >= 0.3 is 23.1 Å². The Kier molecular flexibility index (Phi) is 13.5. The molecule has 0 aliphatic heterocycles. The number of hydrogen-bond acceptors (Lipinski definition) is 8. The third-order valence-corrected chi connectivity index (χ3v) is 9.47. The number of alkyl halides is 3. The number of carbonyl (C=O) groups excluding carboxylic acids is 4. The lowest BCUT2D eigenvalue weighted by atomic mass is 9.87. The van der Waals surface area contributed by atoms with Gasteiger partial charge in [0.05, 0.1) is 18.2 Å². The monoisotopic (exact) mass is 795 g/mol. The highest BCUT2D eigenvalue weighted by Crippen LogP contribution is 2.25. The number of thiazole rings is 1. The van der Waals surface area contributed by atoms with Crippen LogP contribution < -0.4 is 20.6 Å². The second kappa shape index (κ2) is 17.7. The Balaban J connectivity index is 0.000000908. The van der Waals surface area contributed by atoms with Gasteiger partial charge < -0.3 is 35.7 Å². The molecule has 0 radical (unpaired) electrons. The fourth-order valence-corrected chi connectivity index (χ4v) is 6.54. The van der Waals surface area contributed by atoms with Crippen molar-refractivity contribution in [2.45, 2.75) is 84.8 Å². The first kappa shape index (κ1) is 42.8. The fourth-order valence-electron chi connectivity index (χ4n) is 5.59. The number of aryl methyl sites for hydroxylation is 1. The number of hydrogen-bond donors (Lipinski definition) is 3. The van der Waals surface area contributed by atoms with Crippen molar-refractivity contribution in [3.8, 4) is 5.75 Å². The summed E-state index contributed by atoms with van der Waals surface area (Å²) in [5.41, 5.74) is 10.7. The molecule has 0 aliphatic rings. The number of ether oxygens (including phenoxy) is 1. The fraction of sp³-hybridized carbons (Fsp3) is 0.325. The number of primary amides is 1. The molecule has 1 atom stereocenters. The first-order valence-corrected chi connectivity index (χ1v) is 18.3. The summed E-state index contributed by atoms with van der Waals surface area (Å²) in [4.78, 5) is 52.0. The molecular weight excluding hydrogens is 752 g/mol. The van der Waals surface area contributed by atoms with Crippen LogP contribution in [0.5, 0.6) is 5.75 Å². The topological polar surface area (TPSA) is 171 Å². The number of aromatic nitrogens is 2. The number of halogens is 3. The number of rotatable bonds is 11. The van der Waals surface area contributed by atoms with Gasteiger partial charge in [0.15, 0.2) is 5.69 Å². The molecule has 298 valence electrons. The Hall–Kier alpha value is -5.90. The number of imidazole rings is 1. The first-order chi connectivity index (χ1) is 26.1. The number of carbonyl (C=O) groups is 4. The minimum absolute atomic E-state index is 0.0258. The van der Waals surface area contributed by atoms with Gasteiger partial charge in [0.25, 0.3) is 0 Å². The Labute approximate surface area is 325 Å². The molecular formula is C40H44F3N5O7S. The van der Waals surface area contributed by atoms with E-state index < -0.39 is 36.1 Å². The maximum Gasteiger partial charge on any atom is 0.430 e. The molecule has 0 fully saturated rings. The van der Waals surface area contributed by atoms with E-state index in [4.69, 9.17) is 20.4 Å². The zero-order chi connectivity index (χ0) is 41.5. The number of phenolic OH excluding ortho intramolecular Hbond substituents is 1. The number of phenols is 1. The summed E-state index contributed by atoms with van der Waals surface area (Å²) in [6.07, 6.45) is -1.30. The number of benzene rings is 3. The summed E-state index contributed by atoms with van der Waals surface area (Å²) in [6, 6.07) is 19.9. The number of nitrogens with one attached hydrogen (secondary N) is 1. The largest absolute Gasteiger partial charge is 0.542 e. The normalized spacial score (nSPS) is 12.1. The minimum atomic E-state index is -5.19. The Morgan fingerprint density at radius 1 is 0.946 bits per heavy atom. The number of anilines is 1. The van der Waals surface area contributed by atoms with E-state index in [2.05, 4.69) is 54.9 Å². The number of carboxylic acid groups (broad SMARTS) is 1. The van der Waals surface area contributed by atoms with Crippen LogP contribution in [0.25, 0.3) is 4.96 Å². The Morgan fingerprint density at radius 3 is 2.04 bits per heavy atom. The van der Waals surface area contributed by atoms with Crippen molar-refractivity contribution in [1.29, 1.82) is 0 Å². The lowest BCUT2D eigenvalue weighted by Crippen LogP contribution is -2.50. The molecule has 0 aliphatic carbocycles. The molecule has 12 nitrogen and oxygen atoms in total. The van der Waals surface area contributed by atoms with Crippen molar-refractivity contribution >= 4 is 45.9 Å². The van der Waals surface area contributed by atoms with Gasteiger partial charge in [0, 0.05) is 17.0 Å². The zero-order valence-corrected chi connectivity index (χ0v) is 32.5. The van der Waals surface area contributed by atoms with Crippen LogP contribution in [0.4, 0.5) is 23.7 Å². The predicted octanol–water partition coefficient (Wildman–Crippen LogP) is 5.64. The van der Waals surface area contributed by atoms with E-state index in [1.165, 1.54) is 22.6 Å². The molecule has 56 heavy (non-hydrogen) atoms. The van der Waals surface area contributed by atoms with Crippen LogP contribution in [0.15, 0.2) is 85.2 Å². The van der Waals surface area contributed by atoms with Crippen molar-refractivity contribution in [2.24, 2.45) is 5.73 Å². The lowest BCUT2D eigenvalue weighted by molar-refractivity contribution is -0.506. The lowest BCUT2D eigenvalue weighted by Gasteiger charge is -2.29. The SMILES string of the molecule is Cc1c[n+]2cc(CN(C(=O)Nc3ccc(C(=O)OC(C)C)cc3)[C@@H](Cc3ccc(O)cc3)C(N)=O)n(Cc3ccc(C(C)(C)C)cc3)c2s1.O=C([O-])C(F)(F)F. The van der Waals surface area contributed by atoms with Gasteiger partial charge in [0.2, 0.25) is 5.91 Å². The highest BCUT2D eigenvalue weighted by atomic mass is 32.1. The van der Waals surface area contributed by atoms with Crippen LogP contribution in [0.2, 0.25) is 0 Å². The van der Waals surface area contributed by atoms with Gasteiger partial charge in [0.1, 0.15) is 36.7 Å². The Bertz CT molecular complexity index is 2160. The molecule has 2 heterocycles. The molecule has 3 amide bonds. The van der Waals surface area contributed by atoms with Crippen molar-refractivity contribution in [2.75, 3.05) is 5.32 Å². The molecule has 5 aromatic rings. The van der Waals surface area contributed by atoms with E-state index in [1.54, 1.807) is 61.6 Å². The van der Waals surface area contributed by atoms with Gasteiger partial charge in [-0.05, 0) is 79.3 Å². The molecule has 3 aromatic carbocycles. The van der Waals surface area contributed by atoms with Crippen LogP contribution >= 0.6 is 11.3 Å². The van der Waals surface area contributed by atoms with Crippen LogP contribution in [0, 0.1) is 6.92 Å².